The van der Waals surface area contributed by atoms with Crippen LogP contribution in [0.5, 0.6) is 0 Å². The average Bonchev–Trinajstić information content (AvgIpc) is 3.46. The number of allylic oxidation sites excluding steroid dienone is 3. The predicted octanol–water partition coefficient (Wildman–Crippen LogP) is 23.7. The maximum absolute atomic E-state index is 12.5. The Kier molecular flexibility index (Phi) is 68.4. The van der Waals surface area contributed by atoms with Crippen molar-refractivity contribution >= 4 is 11.9 Å². The number of hydrogen-bond acceptors (Lipinski definition) is 5. The first-order valence-electron chi connectivity index (χ1n) is 36.6. The summed E-state index contributed by atoms with van der Waals surface area (Å²) in [4.78, 5) is 24.6. The third-order valence-electron chi connectivity index (χ3n) is 17.2. The van der Waals surface area contributed by atoms with Crippen LogP contribution in [0.4, 0.5) is 0 Å². The number of carbonyl (C=O) groups excluding carboxylic acids is 2. The van der Waals surface area contributed by atoms with Crippen molar-refractivity contribution in [2.75, 3.05) is 13.2 Å². The lowest BCUT2D eigenvalue weighted by molar-refractivity contribution is -0.143. The maximum atomic E-state index is 12.5. The molecule has 474 valence electrons. The second kappa shape index (κ2) is 69.8. The molecule has 0 aliphatic rings. The van der Waals surface area contributed by atoms with Crippen LogP contribution in [-0.4, -0.2) is 47.4 Å². The van der Waals surface area contributed by atoms with Crippen molar-refractivity contribution in [1.82, 2.24) is 5.32 Å². The molecule has 0 saturated heterocycles. The third-order valence-corrected chi connectivity index (χ3v) is 17.2. The van der Waals surface area contributed by atoms with Crippen LogP contribution in [0.2, 0.25) is 0 Å². The van der Waals surface area contributed by atoms with E-state index in [0.717, 1.165) is 44.9 Å². The second-order valence-electron chi connectivity index (χ2n) is 25.3. The number of nitrogens with one attached hydrogen (secondary N) is 1. The summed E-state index contributed by atoms with van der Waals surface area (Å²) < 4.78 is 5.49. The second-order valence-corrected chi connectivity index (χ2v) is 25.3. The van der Waals surface area contributed by atoms with Crippen molar-refractivity contribution in [3.05, 3.63) is 24.3 Å². The van der Waals surface area contributed by atoms with E-state index >= 15 is 0 Å². The van der Waals surface area contributed by atoms with Gasteiger partial charge in [0.15, 0.2) is 0 Å². The molecule has 0 radical (unpaired) electrons. The number of aliphatic hydroxyl groups excluding tert-OH is 2. The van der Waals surface area contributed by atoms with E-state index in [1.54, 1.807) is 6.08 Å². The lowest BCUT2D eigenvalue weighted by Gasteiger charge is -2.20. The molecule has 6 nitrogen and oxygen atoms in total. The number of carbonyl (C=O) groups is 2. The van der Waals surface area contributed by atoms with E-state index in [0.29, 0.717) is 19.4 Å². The van der Waals surface area contributed by atoms with Crippen LogP contribution in [0.15, 0.2) is 24.3 Å². The van der Waals surface area contributed by atoms with Gasteiger partial charge in [-0.15, -0.1) is 0 Å². The van der Waals surface area contributed by atoms with Crippen molar-refractivity contribution in [2.24, 2.45) is 0 Å². The van der Waals surface area contributed by atoms with Crippen LogP contribution < -0.4 is 5.32 Å². The average molecular weight is 1130 g/mol. The SMILES string of the molecule is CCCCCCCC/C=C\CCCCCCCC(=O)OCCCCCCCCCCCCCCCCCCCCCCCCCCCCCCCCC(=O)NC(CO)C(O)/C=C/CCCCCCCCCCCCCCCCCC. The van der Waals surface area contributed by atoms with Crippen LogP contribution >= 0.6 is 0 Å². The molecule has 0 heterocycles. The van der Waals surface area contributed by atoms with Gasteiger partial charge in [-0.2, -0.15) is 0 Å². The van der Waals surface area contributed by atoms with Crippen LogP contribution in [0, 0.1) is 0 Å². The van der Waals surface area contributed by atoms with Crippen molar-refractivity contribution < 1.29 is 24.5 Å². The summed E-state index contributed by atoms with van der Waals surface area (Å²) in [5.74, 6) is -0.0479. The van der Waals surface area contributed by atoms with E-state index in [2.05, 4.69) is 31.3 Å². The van der Waals surface area contributed by atoms with Gasteiger partial charge in [0, 0.05) is 12.8 Å². The summed E-state index contributed by atoms with van der Waals surface area (Å²) in [5.41, 5.74) is 0. The van der Waals surface area contributed by atoms with E-state index in [1.807, 2.05) is 6.08 Å². The molecule has 0 spiro atoms. The molecular weight excluding hydrogens is 983 g/mol. The minimum atomic E-state index is -0.842. The van der Waals surface area contributed by atoms with Crippen molar-refractivity contribution in [2.45, 2.75) is 424 Å². The predicted molar refractivity (Wildman–Crippen MR) is 352 cm³/mol. The standard InChI is InChI=1S/C74H143NO5/c1-3-5-7-9-11-13-15-17-19-20-35-39-42-46-50-54-58-62-66-72(77)71(70-76)75-73(78)67-63-59-55-51-47-43-40-36-33-31-29-27-25-23-21-22-24-26-28-30-32-34-37-41-45-49-53-57-61-65-69-80-74(79)68-64-60-56-52-48-44-38-18-16-14-12-10-8-6-4-2/h18,38,62,66,71-72,76-77H,3-17,19-37,39-61,63-65,67-70H2,1-2H3,(H,75,78)/b38-18-,66-62+. The molecular formula is C74H143NO5. The normalized spacial score (nSPS) is 12.6. The molecule has 0 rings (SSSR count). The summed E-state index contributed by atoms with van der Waals surface area (Å²) in [6.45, 7) is 4.94. The molecule has 0 aromatic heterocycles. The van der Waals surface area contributed by atoms with Gasteiger partial charge in [-0.3, -0.25) is 9.59 Å². The van der Waals surface area contributed by atoms with E-state index in [-0.39, 0.29) is 18.5 Å². The first-order chi connectivity index (χ1) is 39.5. The number of hydrogen-bond donors (Lipinski definition) is 3. The molecule has 0 aliphatic heterocycles. The molecule has 1 amide bonds. The number of ether oxygens (including phenoxy) is 1. The molecule has 2 unspecified atom stereocenters. The number of esters is 1. The number of amides is 1. The van der Waals surface area contributed by atoms with E-state index in [9.17, 15) is 19.8 Å². The number of aliphatic hydroxyl groups is 2. The van der Waals surface area contributed by atoms with Gasteiger partial charge < -0.3 is 20.3 Å². The van der Waals surface area contributed by atoms with Gasteiger partial charge in [-0.1, -0.05) is 366 Å². The van der Waals surface area contributed by atoms with Crippen LogP contribution in [-0.2, 0) is 14.3 Å². The Morgan fingerprint density at radius 3 is 0.887 bits per heavy atom. The highest BCUT2D eigenvalue weighted by molar-refractivity contribution is 5.76. The van der Waals surface area contributed by atoms with Gasteiger partial charge in [-0.25, -0.2) is 0 Å². The summed E-state index contributed by atoms with van der Waals surface area (Å²) in [5, 5.41) is 23.2. The monoisotopic (exact) mass is 1130 g/mol. The number of rotatable bonds is 69. The van der Waals surface area contributed by atoms with Gasteiger partial charge in [0.2, 0.25) is 5.91 Å². The third kappa shape index (κ3) is 65.5. The fraction of sp³-hybridized carbons (Fsp3) is 0.919. The van der Waals surface area contributed by atoms with E-state index in [1.165, 1.54) is 340 Å². The maximum Gasteiger partial charge on any atom is 0.305 e. The van der Waals surface area contributed by atoms with Crippen LogP contribution in [0.25, 0.3) is 0 Å². The van der Waals surface area contributed by atoms with E-state index in [4.69, 9.17) is 4.74 Å². The largest absolute Gasteiger partial charge is 0.466 e. The van der Waals surface area contributed by atoms with Crippen molar-refractivity contribution in [1.29, 1.82) is 0 Å². The lowest BCUT2D eigenvalue weighted by Crippen LogP contribution is -2.45. The zero-order valence-corrected chi connectivity index (χ0v) is 54.3. The van der Waals surface area contributed by atoms with Crippen molar-refractivity contribution in [3.8, 4) is 0 Å². The zero-order chi connectivity index (χ0) is 57.8. The summed E-state index contributed by atoms with van der Waals surface area (Å²) in [6.07, 6.45) is 88.4. The van der Waals surface area contributed by atoms with Gasteiger partial charge in [-0.05, 0) is 57.8 Å². The van der Waals surface area contributed by atoms with Crippen molar-refractivity contribution in [3.63, 3.8) is 0 Å². The quantitative estimate of drug-likeness (QED) is 0.0320. The summed E-state index contributed by atoms with van der Waals surface area (Å²) in [7, 11) is 0. The fourth-order valence-corrected chi connectivity index (χ4v) is 11.6. The summed E-state index contributed by atoms with van der Waals surface area (Å²) >= 11 is 0. The van der Waals surface area contributed by atoms with Gasteiger partial charge in [0.1, 0.15) is 0 Å². The molecule has 2 atom stereocenters. The highest BCUT2D eigenvalue weighted by Gasteiger charge is 2.18. The molecule has 3 N–H and O–H groups in total. The molecule has 0 bridgehead atoms. The van der Waals surface area contributed by atoms with Crippen LogP contribution in [0.3, 0.4) is 0 Å². The topological polar surface area (TPSA) is 95.9 Å². The molecule has 80 heavy (non-hydrogen) atoms. The Morgan fingerprint density at radius 1 is 0.338 bits per heavy atom. The fourth-order valence-electron chi connectivity index (χ4n) is 11.6. The molecule has 0 saturated carbocycles. The molecule has 0 aromatic carbocycles. The van der Waals surface area contributed by atoms with Gasteiger partial charge in [0.05, 0.1) is 25.4 Å². The smallest absolute Gasteiger partial charge is 0.305 e. The Labute approximate surface area is 501 Å². The van der Waals surface area contributed by atoms with Gasteiger partial charge in [0.25, 0.3) is 0 Å². The highest BCUT2D eigenvalue weighted by Crippen LogP contribution is 2.19. The summed E-state index contributed by atoms with van der Waals surface area (Å²) in [6, 6.07) is -0.625. The minimum Gasteiger partial charge on any atom is -0.466 e. The minimum absolute atomic E-state index is 0.0126. The van der Waals surface area contributed by atoms with E-state index < -0.39 is 12.1 Å². The molecule has 0 fully saturated rings. The zero-order valence-electron chi connectivity index (χ0n) is 54.3. The Bertz CT molecular complexity index is 1250. The first kappa shape index (κ1) is 78.3. The molecule has 0 aromatic rings. The van der Waals surface area contributed by atoms with Gasteiger partial charge >= 0.3 is 5.97 Å². The lowest BCUT2D eigenvalue weighted by atomic mass is 10.0. The Balaban J connectivity index is 3.35. The Morgan fingerprint density at radius 2 is 0.588 bits per heavy atom. The highest BCUT2D eigenvalue weighted by atomic mass is 16.5. The molecule has 6 heteroatoms. The number of unbranched alkanes of at least 4 members (excludes halogenated alkanes) is 56. The molecule has 0 aliphatic carbocycles. The Hall–Kier alpha value is -1.66. The first-order valence-corrected chi connectivity index (χ1v) is 36.6. The van der Waals surface area contributed by atoms with Crippen LogP contribution in [0.1, 0.15) is 412 Å².